The highest BCUT2D eigenvalue weighted by molar-refractivity contribution is 6.02. The number of alkyl halides is 2. The summed E-state index contributed by atoms with van der Waals surface area (Å²) >= 11 is 0. The Morgan fingerprint density at radius 3 is 3.00 bits per heavy atom. The molecule has 3 aliphatic rings. The third-order valence-corrected chi connectivity index (χ3v) is 4.43. The van der Waals surface area contributed by atoms with Crippen molar-refractivity contribution in [3.8, 4) is 0 Å². The minimum Gasteiger partial charge on any atom is -0.361 e. The van der Waals surface area contributed by atoms with E-state index in [4.69, 9.17) is 0 Å². The first kappa shape index (κ1) is 11.9. The van der Waals surface area contributed by atoms with Gasteiger partial charge in [-0.3, -0.25) is 5.32 Å². The number of halogens is 2. The average molecular weight is 276 g/mol. The van der Waals surface area contributed by atoms with Crippen LogP contribution in [-0.2, 0) is 0 Å². The molecule has 2 N–H and O–H groups in total. The van der Waals surface area contributed by atoms with Crippen LogP contribution in [0.25, 0.3) is 6.08 Å². The summed E-state index contributed by atoms with van der Waals surface area (Å²) in [5.41, 5.74) is 3.72. The smallest absolute Gasteiger partial charge is 0.279 e. The molecule has 4 heterocycles. The number of hydrogen-bond acceptors (Lipinski definition) is 3. The van der Waals surface area contributed by atoms with Gasteiger partial charge in [-0.2, -0.15) is 0 Å². The van der Waals surface area contributed by atoms with Gasteiger partial charge in [0.05, 0.1) is 18.4 Å². The van der Waals surface area contributed by atoms with Crippen molar-refractivity contribution in [2.45, 2.75) is 17.9 Å². The SMILES string of the molecule is FC1(F)CNC12CCN(C1=NC=C=Cc3[nH]ccc31)C2. The van der Waals surface area contributed by atoms with Gasteiger partial charge in [0.15, 0.2) is 0 Å². The third-order valence-electron chi connectivity index (χ3n) is 4.43. The van der Waals surface area contributed by atoms with Crippen LogP contribution >= 0.6 is 0 Å². The number of aromatic amines is 1. The summed E-state index contributed by atoms with van der Waals surface area (Å²) in [6.07, 6.45) is 5.66. The maximum absolute atomic E-state index is 13.8. The lowest BCUT2D eigenvalue weighted by molar-refractivity contribution is -0.148. The lowest BCUT2D eigenvalue weighted by atomic mass is 9.83. The lowest BCUT2D eigenvalue weighted by Gasteiger charge is -2.47. The van der Waals surface area contributed by atoms with Crippen LogP contribution in [0.4, 0.5) is 8.78 Å². The standard InChI is InChI=1S/C14H14F2N4/c15-14(16)8-19-13(14)4-7-20(9-13)12-10-3-6-17-11(10)2-1-5-18-12/h2-3,5-6,17,19H,4,7-9H2. The monoisotopic (exact) mass is 276 g/mol. The zero-order chi connectivity index (χ0) is 13.8. The molecule has 0 aromatic carbocycles. The van der Waals surface area contributed by atoms with E-state index in [-0.39, 0.29) is 13.1 Å². The van der Waals surface area contributed by atoms with Crippen LogP contribution < -0.4 is 5.32 Å². The molecule has 3 aliphatic heterocycles. The second-order valence-electron chi connectivity index (χ2n) is 5.51. The highest BCUT2D eigenvalue weighted by Gasteiger charge is 2.64. The van der Waals surface area contributed by atoms with Gasteiger partial charge in [0.25, 0.3) is 5.92 Å². The molecule has 4 nitrogen and oxygen atoms in total. The Balaban J connectivity index is 1.66. The van der Waals surface area contributed by atoms with Gasteiger partial charge < -0.3 is 9.88 Å². The molecular formula is C14H14F2N4. The van der Waals surface area contributed by atoms with Crippen LogP contribution in [0.3, 0.4) is 0 Å². The molecule has 1 aromatic heterocycles. The van der Waals surface area contributed by atoms with Gasteiger partial charge in [0.2, 0.25) is 0 Å². The molecule has 4 rings (SSSR count). The summed E-state index contributed by atoms with van der Waals surface area (Å²) in [6.45, 7) is 0.654. The zero-order valence-electron chi connectivity index (χ0n) is 10.8. The zero-order valence-corrected chi connectivity index (χ0v) is 10.8. The fraction of sp³-hybridized carbons (Fsp3) is 0.429. The molecule has 2 fully saturated rings. The van der Waals surface area contributed by atoms with Gasteiger partial charge in [-0.05, 0) is 12.5 Å². The molecule has 1 spiro atoms. The fourth-order valence-electron chi connectivity index (χ4n) is 3.14. The van der Waals surface area contributed by atoms with E-state index in [9.17, 15) is 8.78 Å². The second-order valence-corrected chi connectivity index (χ2v) is 5.51. The molecule has 0 radical (unpaired) electrons. The first-order valence-corrected chi connectivity index (χ1v) is 6.66. The number of aliphatic imine (C=N–C) groups is 1. The topological polar surface area (TPSA) is 43.4 Å². The summed E-state index contributed by atoms with van der Waals surface area (Å²) in [5.74, 6) is -1.88. The maximum Gasteiger partial charge on any atom is 0.279 e. The van der Waals surface area contributed by atoms with E-state index in [1.165, 1.54) is 0 Å². The Morgan fingerprint density at radius 2 is 2.30 bits per heavy atom. The van der Waals surface area contributed by atoms with E-state index < -0.39 is 11.5 Å². The van der Waals surface area contributed by atoms with Crippen LogP contribution in [0, 0.1) is 0 Å². The van der Waals surface area contributed by atoms with E-state index >= 15 is 0 Å². The van der Waals surface area contributed by atoms with Crippen molar-refractivity contribution in [2.24, 2.45) is 4.99 Å². The lowest BCUT2D eigenvalue weighted by Crippen LogP contribution is -2.74. The molecule has 2 saturated heterocycles. The van der Waals surface area contributed by atoms with Gasteiger partial charge in [0.1, 0.15) is 11.4 Å². The van der Waals surface area contributed by atoms with Crippen LogP contribution in [-0.4, -0.2) is 46.8 Å². The van der Waals surface area contributed by atoms with E-state index in [1.807, 2.05) is 23.2 Å². The molecule has 1 atom stereocenters. The van der Waals surface area contributed by atoms with E-state index in [2.05, 4.69) is 21.0 Å². The highest BCUT2D eigenvalue weighted by Crippen LogP contribution is 2.43. The third kappa shape index (κ3) is 1.46. The number of amidine groups is 1. The molecule has 0 saturated carbocycles. The summed E-state index contributed by atoms with van der Waals surface area (Å²) in [7, 11) is 0. The summed E-state index contributed by atoms with van der Waals surface area (Å²) < 4.78 is 27.6. The number of nitrogens with one attached hydrogen (secondary N) is 2. The molecule has 1 unspecified atom stereocenters. The van der Waals surface area contributed by atoms with Crippen molar-refractivity contribution < 1.29 is 8.78 Å². The molecule has 20 heavy (non-hydrogen) atoms. The van der Waals surface area contributed by atoms with E-state index in [1.54, 1.807) is 6.20 Å². The molecule has 1 aromatic rings. The van der Waals surface area contributed by atoms with Crippen LogP contribution in [0.5, 0.6) is 0 Å². The summed E-state index contributed by atoms with van der Waals surface area (Å²) in [4.78, 5) is 9.41. The van der Waals surface area contributed by atoms with Gasteiger partial charge in [-0.25, -0.2) is 13.8 Å². The van der Waals surface area contributed by atoms with Crippen molar-refractivity contribution in [3.63, 3.8) is 0 Å². The number of rotatable bonds is 0. The Morgan fingerprint density at radius 1 is 1.40 bits per heavy atom. The quantitative estimate of drug-likeness (QED) is 0.707. The first-order chi connectivity index (χ1) is 9.61. The van der Waals surface area contributed by atoms with Gasteiger partial charge in [-0.1, -0.05) is 5.73 Å². The number of H-pyrrole nitrogens is 1. The number of aromatic nitrogens is 1. The van der Waals surface area contributed by atoms with E-state index in [0.717, 1.165) is 17.1 Å². The Hall–Kier alpha value is -1.91. The van der Waals surface area contributed by atoms with Crippen LogP contribution in [0.15, 0.2) is 29.2 Å². The van der Waals surface area contributed by atoms with Gasteiger partial charge in [-0.15, -0.1) is 0 Å². The second kappa shape index (κ2) is 3.81. The van der Waals surface area contributed by atoms with Crippen molar-refractivity contribution >= 4 is 11.9 Å². The highest BCUT2D eigenvalue weighted by atomic mass is 19.3. The van der Waals surface area contributed by atoms with Crippen molar-refractivity contribution in [2.75, 3.05) is 19.6 Å². The fourth-order valence-corrected chi connectivity index (χ4v) is 3.14. The minimum absolute atomic E-state index is 0.218. The van der Waals surface area contributed by atoms with Crippen molar-refractivity contribution in [1.82, 2.24) is 15.2 Å². The molecular weight excluding hydrogens is 262 g/mol. The van der Waals surface area contributed by atoms with Gasteiger partial charge in [0, 0.05) is 30.9 Å². The first-order valence-electron chi connectivity index (χ1n) is 6.66. The molecule has 0 amide bonds. The van der Waals surface area contributed by atoms with Crippen LogP contribution in [0.2, 0.25) is 0 Å². The average Bonchev–Trinajstić information content (AvgIpc) is 3.03. The predicted octanol–water partition coefficient (Wildman–Crippen LogP) is 1.58. The van der Waals surface area contributed by atoms with Crippen LogP contribution in [0.1, 0.15) is 17.7 Å². The number of nitrogens with zero attached hydrogens (tertiary/aromatic N) is 2. The van der Waals surface area contributed by atoms with Crippen molar-refractivity contribution in [1.29, 1.82) is 0 Å². The molecule has 6 heteroatoms. The molecule has 0 aliphatic carbocycles. The largest absolute Gasteiger partial charge is 0.361 e. The Kier molecular flexibility index (Phi) is 2.26. The number of likely N-dealkylation sites (tertiary alicyclic amines) is 1. The summed E-state index contributed by atoms with van der Waals surface area (Å²) in [6, 6.07) is 1.92. The number of hydrogen-bond donors (Lipinski definition) is 2. The normalized spacial score (nSPS) is 30.1. The van der Waals surface area contributed by atoms with Gasteiger partial charge >= 0.3 is 0 Å². The molecule has 0 bridgehead atoms. The summed E-state index contributed by atoms with van der Waals surface area (Å²) in [5, 5.41) is 2.93. The minimum atomic E-state index is -2.62. The maximum atomic E-state index is 13.8. The van der Waals surface area contributed by atoms with E-state index in [0.29, 0.717) is 13.0 Å². The Labute approximate surface area is 114 Å². The van der Waals surface area contributed by atoms with Crippen molar-refractivity contribution in [3.05, 3.63) is 35.5 Å². The Bertz CT molecular complexity index is 654. The molecule has 104 valence electrons. The number of fused-ring (bicyclic) bond motifs is 1. The predicted molar refractivity (Wildman–Crippen MR) is 71.7 cm³/mol.